The quantitative estimate of drug-likeness (QED) is 0.822. The Hall–Kier alpha value is -2.12. The molecule has 0 radical (unpaired) electrons. The smallest absolute Gasteiger partial charge is 0.203 e. The summed E-state index contributed by atoms with van der Waals surface area (Å²) in [6.45, 7) is 1.19. The van der Waals surface area contributed by atoms with Gasteiger partial charge in [0.25, 0.3) is 0 Å². The summed E-state index contributed by atoms with van der Waals surface area (Å²) in [5, 5.41) is 11.7. The molecule has 0 unspecified atom stereocenters. The number of nitrogens with one attached hydrogen (secondary N) is 1. The molecule has 1 aromatic heterocycles. The maximum atomic E-state index is 13.3. The zero-order valence-corrected chi connectivity index (χ0v) is 9.82. The van der Waals surface area contributed by atoms with Gasteiger partial charge in [0.05, 0.1) is 6.54 Å². The van der Waals surface area contributed by atoms with Crippen molar-refractivity contribution >= 4 is 0 Å². The first kappa shape index (κ1) is 12.3. The highest BCUT2D eigenvalue weighted by Gasteiger charge is 2.02. The largest absolute Gasteiger partial charge is 0.449 e. The van der Waals surface area contributed by atoms with Crippen molar-refractivity contribution in [2.45, 2.75) is 13.0 Å². The van der Waals surface area contributed by atoms with Crippen LogP contribution in [-0.2, 0) is 13.0 Å². The third-order valence-electron chi connectivity index (χ3n) is 2.60. The SMILES string of the molecule is N#Cc1ccc(CNCCc2ccccc2F)o1. The van der Waals surface area contributed by atoms with Crippen LogP contribution in [0.3, 0.4) is 0 Å². The Morgan fingerprint density at radius 1 is 1.22 bits per heavy atom. The summed E-state index contributed by atoms with van der Waals surface area (Å²) in [5.41, 5.74) is 0.696. The van der Waals surface area contributed by atoms with Gasteiger partial charge in [0, 0.05) is 0 Å². The van der Waals surface area contributed by atoms with Crippen molar-refractivity contribution in [2.24, 2.45) is 0 Å². The second-order valence-corrected chi connectivity index (χ2v) is 3.90. The number of nitriles is 1. The molecular formula is C14H13FN2O. The molecule has 2 rings (SSSR count). The molecule has 2 aromatic rings. The standard InChI is InChI=1S/C14H13FN2O/c15-14-4-2-1-3-11(14)7-8-17-10-13-6-5-12(9-16)18-13/h1-6,17H,7-8,10H2. The minimum atomic E-state index is -0.177. The molecule has 1 N–H and O–H groups in total. The molecule has 0 aliphatic heterocycles. The van der Waals surface area contributed by atoms with Gasteiger partial charge < -0.3 is 9.73 Å². The molecule has 0 amide bonds. The first-order valence-corrected chi connectivity index (χ1v) is 5.72. The Labute approximate surface area is 105 Å². The summed E-state index contributed by atoms with van der Waals surface area (Å²) in [6.07, 6.45) is 0.624. The van der Waals surface area contributed by atoms with Crippen molar-refractivity contribution in [3.63, 3.8) is 0 Å². The van der Waals surface area contributed by atoms with Crippen LogP contribution in [0.5, 0.6) is 0 Å². The molecular weight excluding hydrogens is 231 g/mol. The maximum Gasteiger partial charge on any atom is 0.203 e. The Morgan fingerprint density at radius 2 is 2.06 bits per heavy atom. The van der Waals surface area contributed by atoms with Gasteiger partial charge in [0.2, 0.25) is 5.76 Å². The lowest BCUT2D eigenvalue weighted by atomic mass is 10.1. The van der Waals surface area contributed by atoms with E-state index >= 15 is 0 Å². The fourth-order valence-electron chi connectivity index (χ4n) is 1.67. The highest BCUT2D eigenvalue weighted by atomic mass is 19.1. The summed E-state index contributed by atoms with van der Waals surface area (Å²) in [7, 11) is 0. The van der Waals surface area contributed by atoms with Crippen LogP contribution in [0.25, 0.3) is 0 Å². The lowest BCUT2D eigenvalue weighted by Gasteiger charge is -2.04. The Kier molecular flexibility index (Phi) is 4.11. The molecule has 18 heavy (non-hydrogen) atoms. The van der Waals surface area contributed by atoms with Crippen LogP contribution >= 0.6 is 0 Å². The third kappa shape index (κ3) is 3.19. The van der Waals surface area contributed by atoms with Gasteiger partial charge in [0.1, 0.15) is 17.6 Å². The van der Waals surface area contributed by atoms with Gasteiger partial charge in [-0.1, -0.05) is 18.2 Å². The third-order valence-corrected chi connectivity index (χ3v) is 2.60. The van der Waals surface area contributed by atoms with E-state index in [4.69, 9.17) is 9.68 Å². The molecule has 0 saturated heterocycles. The number of hydrogen-bond acceptors (Lipinski definition) is 3. The van der Waals surface area contributed by atoms with Crippen LogP contribution in [-0.4, -0.2) is 6.54 Å². The van der Waals surface area contributed by atoms with Gasteiger partial charge in [-0.25, -0.2) is 4.39 Å². The monoisotopic (exact) mass is 244 g/mol. The van der Waals surface area contributed by atoms with Gasteiger partial charge in [-0.3, -0.25) is 0 Å². The number of hydrogen-bond donors (Lipinski definition) is 1. The van der Waals surface area contributed by atoms with Crippen molar-refractivity contribution < 1.29 is 8.81 Å². The molecule has 1 heterocycles. The van der Waals surface area contributed by atoms with Crippen LogP contribution in [0.2, 0.25) is 0 Å². The lowest BCUT2D eigenvalue weighted by Crippen LogP contribution is -2.16. The van der Waals surface area contributed by atoms with Gasteiger partial charge in [0.15, 0.2) is 0 Å². The molecule has 92 valence electrons. The van der Waals surface area contributed by atoms with E-state index in [-0.39, 0.29) is 5.82 Å². The summed E-state index contributed by atoms with van der Waals surface area (Å²) in [5.74, 6) is 0.838. The number of benzene rings is 1. The van der Waals surface area contributed by atoms with Gasteiger partial charge in [-0.15, -0.1) is 0 Å². The summed E-state index contributed by atoms with van der Waals surface area (Å²) < 4.78 is 18.5. The second kappa shape index (κ2) is 5.99. The van der Waals surface area contributed by atoms with E-state index in [1.54, 1.807) is 24.3 Å². The van der Waals surface area contributed by atoms with E-state index in [0.717, 1.165) is 0 Å². The molecule has 0 bridgehead atoms. The van der Waals surface area contributed by atoms with Crippen LogP contribution in [0, 0.1) is 17.1 Å². The highest BCUT2D eigenvalue weighted by Crippen LogP contribution is 2.07. The zero-order chi connectivity index (χ0) is 12.8. The first-order chi connectivity index (χ1) is 8.79. The van der Waals surface area contributed by atoms with Crippen LogP contribution < -0.4 is 5.32 Å². The molecule has 0 saturated carbocycles. The molecule has 0 atom stereocenters. The van der Waals surface area contributed by atoms with Crippen LogP contribution in [0.4, 0.5) is 4.39 Å². The predicted molar refractivity (Wildman–Crippen MR) is 65.2 cm³/mol. The van der Waals surface area contributed by atoms with Gasteiger partial charge in [-0.2, -0.15) is 5.26 Å². The van der Waals surface area contributed by atoms with E-state index in [1.165, 1.54) is 6.07 Å². The molecule has 0 aliphatic rings. The average Bonchev–Trinajstić information content (AvgIpc) is 2.84. The normalized spacial score (nSPS) is 10.2. The molecule has 4 heteroatoms. The summed E-state index contributed by atoms with van der Waals surface area (Å²) >= 11 is 0. The number of rotatable bonds is 5. The van der Waals surface area contributed by atoms with Crippen LogP contribution in [0.15, 0.2) is 40.8 Å². The highest BCUT2D eigenvalue weighted by molar-refractivity contribution is 5.19. The first-order valence-electron chi connectivity index (χ1n) is 5.72. The summed E-state index contributed by atoms with van der Waals surface area (Å²) in [4.78, 5) is 0. The molecule has 0 spiro atoms. The Bertz CT molecular complexity index is 557. The minimum absolute atomic E-state index is 0.177. The maximum absolute atomic E-state index is 13.3. The van der Waals surface area contributed by atoms with Crippen molar-refractivity contribution in [1.29, 1.82) is 5.26 Å². The molecule has 0 aliphatic carbocycles. The fourth-order valence-corrected chi connectivity index (χ4v) is 1.67. The zero-order valence-electron chi connectivity index (χ0n) is 9.82. The van der Waals surface area contributed by atoms with Crippen molar-refractivity contribution in [2.75, 3.05) is 6.54 Å². The molecule has 0 fully saturated rings. The lowest BCUT2D eigenvalue weighted by molar-refractivity contribution is 0.474. The fraction of sp³-hybridized carbons (Fsp3) is 0.214. The minimum Gasteiger partial charge on any atom is -0.449 e. The van der Waals surface area contributed by atoms with Crippen molar-refractivity contribution in [3.05, 3.63) is 59.3 Å². The Balaban J connectivity index is 1.77. The van der Waals surface area contributed by atoms with E-state index in [2.05, 4.69) is 5.32 Å². The summed E-state index contributed by atoms with van der Waals surface area (Å²) in [6, 6.07) is 12.1. The van der Waals surface area contributed by atoms with Gasteiger partial charge in [-0.05, 0) is 36.7 Å². The van der Waals surface area contributed by atoms with Crippen LogP contribution in [0.1, 0.15) is 17.1 Å². The second-order valence-electron chi connectivity index (χ2n) is 3.90. The van der Waals surface area contributed by atoms with Gasteiger partial charge >= 0.3 is 0 Å². The van der Waals surface area contributed by atoms with E-state index in [0.29, 0.717) is 36.6 Å². The predicted octanol–water partition coefficient (Wildman–Crippen LogP) is 2.62. The topological polar surface area (TPSA) is 49.0 Å². The van der Waals surface area contributed by atoms with Crippen molar-refractivity contribution in [3.8, 4) is 6.07 Å². The number of furan rings is 1. The number of nitrogens with zero attached hydrogens (tertiary/aromatic N) is 1. The van der Waals surface area contributed by atoms with E-state index < -0.39 is 0 Å². The van der Waals surface area contributed by atoms with E-state index in [1.807, 2.05) is 12.1 Å². The molecule has 1 aromatic carbocycles. The molecule has 3 nitrogen and oxygen atoms in total. The Morgan fingerprint density at radius 3 is 2.78 bits per heavy atom. The van der Waals surface area contributed by atoms with Crippen molar-refractivity contribution in [1.82, 2.24) is 5.32 Å². The van der Waals surface area contributed by atoms with E-state index in [9.17, 15) is 4.39 Å². The number of halogens is 1. The average molecular weight is 244 g/mol.